The quantitative estimate of drug-likeness (QED) is 0.618. The number of rotatable bonds is 6. The van der Waals surface area contributed by atoms with Crippen LogP contribution in [0.3, 0.4) is 0 Å². The summed E-state index contributed by atoms with van der Waals surface area (Å²) in [4.78, 5) is 25.5. The summed E-state index contributed by atoms with van der Waals surface area (Å²) >= 11 is 7.53. The summed E-state index contributed by atoms with van der Waals surface area (Å²) < 4.78 is 0. The van der Waals surface area contributed by atoms with Gasteiger partial charge >= 0.3 is 0 Å². The molecule has 0 bridgehead atoms. The molecule has 0 atom stereocenters. The summed E-state index contributed by atoms with van der Waals surface area (Å²) in [5.74, 6) is -0.588. The first-order valence-electron chi connectivity index (χ1n) is 6.97. The summed E-state index contributed by atoms with van der Waals surface area (Å²) in [5, 5.41) is 6.99. The number of anilines is 1. The number of carbonyl (C=O) groups excluding carboxylic acids is 2. The molecule has 0 fully saturated rings. The van der Waals surface area contributed by atoms with Crippen molar-refractivity contribution in [3.05, 3.63) is 51.2 Å². The summed E-state index contributed by atoms with van der Waals surface area (Å²) in [6.45, 7) is 2.00. The predicted octanol–water partition coefficient (Wildman–Crippen LogP) is 3.58. The Labute approximate surface area is 143 Å². The molecule has 2 aromatic rings. The average Bonchev–Trinajstić information content (AvgIpc) is 2.93. The second kappa shape index (κ2) is 8.45. The van der Waals surface area contributed by atoms with Crippen molar-refractivity contribution in [1.29, 1.82) is 0 Å². The number of hydrogen-bond acceptors (Lipinski definition) is 4. The third-order valence-electron chi connectivity index (χ3n) is 2.87. The number of nitrogens with zero attached hydrogens (tertiary/aromatic N) is 1. The molecule has 2 amide bonds. The first-order valence-corrected chi connectivity index (χ1v) is 8.17. The number of para-hydroxylation sites is 1. The Hall–Kier alpha value is -2.18. The minimum atomic E-state index is -0.316. The monoisotopic (exact) mass is 349 g/mol. The Balaban J connectivity index is 1.72. The molecular formula is C16H16ClN3O2S. The summed E-state index contributed by atoms with van der Waals surface area (Å²) in [6, 6.07) is 10.8. The number of hydrogen-bond donors (Lipinski definition) is 2. The van der Waals surface area contributed by atoms with Crippen molar-refractivity contribution in [1.82, 2.24) is 5.43 Å². The Morgan fingerprint density at radius 1 is 1.17 bits per heavy atom. The molecule has 0 aliphatic rings. The third-order valence-corrected chi connectivity index (χ3v) is 4.13. The summed E-state index contributed by atoms with van der Waals surface area (Å²) in [6.07, 6.45) is 1.70. The molecule has 1 heterocycles. The maximum atomic E-state index is 11.8. The molecule has 5 nitrogen and oxygen atoms in total. The molecule has 120 valence electrons. The zero-order valence-electron chi connectivity index (χ0n) is 12.5. The second-order valence-electron chi connectivity index (χ2n) is 4.77. The fourth-order valence-electron chi connectivity index (χ4n) is 1.75. The molecule has 7 heteroatoms. The zero-order chi connectivity index (χ0) is 16.7. The highest BCUT2D eigenvalue weighted by atomic mass is 35.5. The third kappa shape index (κ3) is 5.84. The van der Waals surface area contributed by atoms with Gasteiger partial charge < -0.3 is 5.32 Å². The van der Waals surface area contributed by atoms with E-state index in [9.17, 15) is 9.59 Å². The molecule has 23 heavy (non-hydrogen) atoms. The first kappa shape index (κ1) is 17.2. The standard InChI is InChI=1S/C16H16ClN3O2S/c1-11-6-7-12(23-11)10-18-20-16(22)9-8-15(21)19-14-5-3-2-4-13(14)17/h2-7,10H,8-9H2,1H3,(H,19,21)(H,20,22)/b18-10+. The van der Waals surface area contributed by atoms with Gasteiger partial charge in [0.1, 0.15) is 0 Å². The van der Waals surface area contributed by atoms with Gasteiger partial charge in [-0.1, -0.05) is 23.7 Å². The van der Waals surface area contributed by atoms with E-state index in [1.807, 2.05) is 19.1 Å². The number of halogens is 1. The van der Waals surface area contributed by atoms with Crippen LogP contribution < -0.4 is 10.7 Å². The van der Waals surface area contributed by atoms with E-state index in [0.717, 1.165) is 4.88 Å². The van der Waals surface area contributed by atoms with Crippen molar-refractivity contribution in [3.63, 3.8) is 0 Å². The van der Waals surface area contributed by atoms with Crippen molar-refractivity contribution < 1.29 is 9.59 Å². The van der Waals surface area contributed by atoms with Gasteiger partial charge in [0.25, 0.3) is 0 Å². The lowest BCUT2D eigenvalue weighted by Crippen LogP contribution is -2.20. The Bertz CT molecular complexity index is 728. The van der Waals surface area contributed by atoms with Crippen molar-refractivity contribution >= 4 is 46.7 Å². The average molecular weight is 350 g/mol. The highest BCUT2D eigenvalue weighted by Crippen LogP contribution is 2.20. The Morgan fingerprint density at radius 3 is 2.61 bits per heavy atom. The lowest BCUT2D eigenvalue weighted by molar-refractivity contribution is -0.124. The minimum Gasteiger partial charge on any atom is -0.325 e. The molecule has 0 aliphatic heterocycles. The van der Waals surface area contributed by atoms with Gasteiger partial charge in [0.15, 0.2) is 0 Å². The molecule has 2 rings (SSSR count). The smallest absolute Gasteiger partial charge is 0.240 e. The molecule has 0 radical (unpaired) electrons. The van der Waals surface area contributed by atoms with E-state index in [-0.39, 0.29) is 24.7 Å². The van der Waals surface area contributed by atoms with E-state index in [1.165, 1.54) is 4.88 Å². The van der Waals surface area contributed by atoms with Crippen molar-refractivity contribution in [2.75, 3.05) is 5.32 Å². The molecular weight excluding hydrogens is 334 g/mol. The van der Waals surface area contributed by atoms with Crippen LogP contribution in [0.15, 0.2) is 41.5 Å². The lowest BCUT2D eigenvalue weighted by atomic mass is 10.2. The van der Waals surface area contributed by atoms with Gasteiger partial charge in [-0.2, -0.15) is 5.10 Å². The van der Waals surface area contributed by atoms with Crippen LogP contribution in [-0.2, 0) is 9.59 Å². The van der Waals surface area contributed by atoms with E-state index in [0.29, 0.717) is 10.7 Å². The number of carbonyl (C=O) groups is 2. The number of thiophene rings is 1. The second-order valence-corrected chi connectivity index (χ2v) is 6.50. The van der Waals surface area contributed by atoms with Crippen molar-refractivity contribution in [2.24, 2.45) is 5.10 Å². The van der Waals surface area contributed by atoms with Crippen LogP contribution >= 0.6 is 22.9 Å². The van der Waals surface area contributed by atoms with E-state index < -0.39 is 0 Å². The van der Waals surface area contributed by atoms with E-state index in [1.54, 1.807) is 41.8 Å². The van der Waals surface area contributed by atoms with Gasteiger partial charge in [-0.25, -0.2) is 5.43 Å². The van der Waals surface area contributed by atoms with Gasteiger partial charge in [-0.05, 0) is 31.2 Å². The van der Waals surface area contributed by atoms with Gasteiger partial charge in [0.05, 0.1) is 16.9 Å². The molecule has 0 unspecified atom stereocenters. The molecule has 2 N–H and O–H groups in total. The molecule has 0 saturated carbocycles. The van der Waals surface area contributed by atoms with E-state index in [4.69, 9.17) is 11.6 Å². The molecule has 0 aliphatic carbocycles. The molecule has 1 aromatic heterocycles. The highest BCUT2D eigenvalue weighted by molar-refractivity contribution is 7.13. The fourth-order valence-corrected chi connectivity index (χ4v) is 2.68. The number of amides is 2. The summed E-state index contributed by atoms with van der Waals surface area (Å²) in [7, 11) is 0. The zero-order valence-corrected chi connectivity index (χ0v) is 14.1. The van der Waals surface area contributed by atoms with Gasteiger partial charge in [0.2, 0.25) is 11.8 Å². The van der Waals surface area contributed by atoms with Crippen molar-refractivity contribution in [2.45, 2.75) is 19.8 Å². The van der Waals surface area contributed by atoms with Gasteiger partial charge in [-0.3, -0.25) is 9.59 Å². The lowest BCUT2D eigenvalue weighted by Gasteiger charge is -2.06. The Morgan fingerprint density at radius 2 is 1.91 bits per heavy atom. The van der Waals surface area contributed by atoms with Crippen LogP contribution in [0.5, 0.6) is 0 Å². The maximum Gasteiger partial charge on any atom is 0.240 e. The van der Waals surface area contributed by atoms with Gasteiger partial charge in [0, 0.05) is 22.6 Å². The number of aryl methyl sites for hydroxylation is 1. The largest absolute Gasteiger partial charge is 0.325 e. The van der Waals surface area contributed by atoms with Crippen LogP contribution in [0.4, 0.5) is 5.69 Å². The predicted molar refractivity (Wildman–Crippen MR) is 94.1 cm³/mol. The normalized spacial score (nSPS) is 10.7. The van der Waals surface area contributed by atoms with Crippen molar-refractivity contribution in [3.8, 4) is 0 Å². The topological polar surface area (TPSA) is 70.6 Å². The van der Waals surface area contributed by atoms with Crippen LogP contribution in [0.1, 0.15) is 22.6 Å². The fraction of sp³-hybridized carbons (Fsp3) is 0.188. The Kier molecular flexibility index (Phi) is 6.31. The van der Waals surface area contributed by atoms with Crippen LogP contribution in [0.25, 0.3) is 0 Å². The SMILES string of the molecule is Cc1ccc(/C=N/NC(=O)CCC(=O)Nc2ccccc2Cl)s1. The molecule has 0 saturated heterocycles. The molecule has 0 spiro atoms. The van der Waals surface area contributed by atoms with Crippen LogP contribution in [0, 0.1) is 6.92 Å². The maximum absolute atomic E-state index is 11.8. The molecule has 1 aromatic carbocycles. The van der Waals surface area contributed by atoms with E-state index in [2.05, 4.69) is 15.8 Å². The highest BCUT2D eigenvalue weighted by Gasteiger charge is 2.08. The minimum absolute atomic E-state index is 0.0527. The van der Waals surface area contributed by atoms with Crippen LogP contribution in [-0.4, -0.2) is 18.0 Å². The first-order chi connectivity index (χ1) is 11.0. The van der Waals surface area contributed by atoms with Gasteiger partial charge in [-0.15, -0.1) is 11.3 Å². The number of hydrazone groups is 1. The number of nitrogens with one attached hydrogen (secondary N) is 2. The summed E-state index contributed by atoms with van der Waals surface area (Å²) in [5.41, 5.74) is 2.94. The van der Waals surface area contributed by atoms with E-state index >= 15 is 0 Å². The number of benzene rings is 1. The van der Waals surface area contributed by atoms with Crippen LogP contribution in [0.2, 0.25) is 5.02 Å².